The summed E-state index contributed by atoms with van der Waals surface area (Å²) in [7, 11) is 0. The topological polar surface area (TPSA) is 82.2 Å². The van der Waals surface area contributed by atoms with Gasteiger partial charge >= 0.3 is 0 Å². The zero-order chi connectivity index (χ0) is 15.4. The predicted octanol–water partition coefficient (Wildman–Crippen LogP) is 1.56. The van der Waals surface area contributed by atoms with Gasteiger partial charge in [0, 0.05) is 18.0 Å². The van der Waals surface area contributed by atoms with E-state index in [1.165, 1.54) is 24.3 Å². The van der Waals surface area contributed by atoms with Crippen LogP contribution in [0.4, 0.5) is 4.39 Å². The van der Waals surface area contributed by atoms with Gasteiger partial charge in [-0.2, -0.15) is 0 Å². The molecule has 0 aliphatic rings. The van der Waals surface area contributed by atoms with Crippen molar-refractivity contribution in [2.24, 2.45) is 0 Å². The fourth-order valence-corrected chi connectivity index (χ4v) is 2.07. The third-order valence-corrected chi connectivity index (χ3v) is 3.28. The fourth-order valence-electron chi connectivity index (χ4n) is 2.07. The van der Waals surface area contributed by atoms with E-state index in [1.54, 1.807) is 0 Å². The lowest BCUT2D eigenvalue weighted by atomic mass is 10.1. The molecule has 0 bridgehead atoms. The van der Waals surface area contributed by atoms with E-state index < -0.39 is 23.4 Å². The monoisotopic (exact) mass is 292 g/mol. The number of pyridine rings is 1. The molecule has 2 rings (SSSR count). The number of aliphatic hydroxyl groups is 1. The number of aromatic nitrogens is 1. The molecule has 1 unspecified atom stereocenters. The number of hydrogen-bond donors (Lipinski definition) is 3. The number of aromatic amines is 1. The number of nitrogens with one attached hydrogen (secondary N) is 2. The molecule has 1 aromatic carbocycles. The Morgan fingerprint density at radius 3 is 2.90 bits per heavy atom. The first-order chi connectivity index (χ1) is 10.0. The van der Waals surface area contributed by atoms with Gasteiger partial charge in [-0.15, -0.1) is 0 Å². The van der Waals surface area contributed by atoms with Crippen molar-refractivity contribution < 1.29 is 14.3 Å². The Morgan fingerprint density at radius 1 is 1.43 bits per heavy atom. The number of carbonyl (C=O) groups is 1. The van der Waals surface area contributed by atoms with Crippen molar-refractivity contribution in [2.45, 2.75) is 25.9 Å². The standard InChI is InChI=1S/C15H17FN2O3/c1-2-10(19)5-6-17-15(21)12-8-14(20)18-13-7-9(16)3-4-11(12)13/h3-4,7-8,10,19H,2,5-6H2,1H3,(H,17,21)(H,18,20). The summed E-state index contributed by atoms with van der Waals surface area (Å²) in [6, 6.07) is 5.05. The van der Waals surface area contributed by atoms with Crippen molar-refractivity contribution in [3.63, 3.8) is 0 Å². The number of amides is 1. The Labute approximate surface area is 120 Å². The quantitative estimate of drug-likeness (QED) is 0.782. The summed E-state index contributed by atoms with van der Waals surface area (Å²) in [6.45, 7) is 2.16. The van der Waals surface area contributed by atoms with Crippen LogP contribution in [0.2, 0.25) is 0 Å². The zero-order valence-corrected chi connectivity index (χ0v) is 11.6. The predicted molar refractivity (Wildman–Crippen MR) is 77.8 cm³/mol. The molecule has 3 N–H and O–H groups in total. The Hall–Kier alpha value is -2.21. The van der Waals surface area contributed by atoms with Gasteiger partial charge in [0.25, 0.3) is 5.91 Å². The summed E-state index contributed by atoms with van der Waals surface area (Å²) in [5.74, 6) is -0.900. The number of H-pyrrole nitrogens is 1. The molecule has 0 fully saturated rings. The highest BCUT2D eigenvalue weighted by Gasteiger charge is 2.12. The van der Waals surface area contributed by atoms with Gasteiger partial charge in [0.1, 0.15) is 5.82 Å². The molecule has 0 aliphatic heterocycles. The minimum Gasteiger partial charge on any atom is -0.393 e. The van der Waals surface area contributed by atoms with Crippen LogP contribution >= 0.6 is 0 Å². The third-order valence-electron chi connectivity index (χ3n) is 3.28. The van der Waals surface area contributed by atoms with E-state index in [-0.39, 0.29) is 11.1 Å². The second-order valence-electron chi connectivity index (χ2n) is 4.84. The van der Waals surface area contributed by atoms with Gasteiger partial charge in [0.15, 0.2) is 0 Å². The number of carbonyl (C=O) groups excluding carboxylic acids is 1. The molecule has 1 aromatic heterocycles. The molecule has 6 heteroatoms. The molecule has 5 nitrogen and oxygen atoms in total. The van der Waals surface area contributed by atoms with Crippen LogP contribution in [0.1, 0.15) is 30.1 Å². The molecule has 0 radical (unpaired) electrons. The fraction of sp³-hybridized carbons (Fsp3) is 0.333. The van der Waals surface area contributed by atoms with Crippen molar-refractivity contribution in [1.82, 2.24) is 10.3 Å². The van der Waals surface area contributed by atoms with E-state index in [0.717, 1.165) is 0 Å². The van der Waals surface area contributed by atoms with Gasteiger partial charge in [-0.05, 0) is 31.0 Å². The van der Waals surface area contributed by atoms with Gasteiger partial charge in [-0.1, -0.05) is 6.92 Å². The first kappa shape index (κ1) is 15.2. The number of benzene rings is 1. The number of hydrogen-bond acceptors (Lipinski definition) is 3. The van der Waals surface area contributed by atoms with Crippen LogP contribution in [-0.2, 0) is 0 Å². The average molecular weight is 292 g/mol. The van der Waals surface area contributed by atoms with Gasteiger partial charge in [0.05, 0.1) is 17.2 Å². The average Bonchev–Trinajstić information content (AvgIpc) is 2.45. The highest BCUT2D eigenvalue weighted by Crippen LogP contribution is 2.16. The Morgan fingerprint density at radius 2 is 2.19 bits per heavy atom. The molecule has 0 saturated carbocycles. The van der Waals surface area contributed by atoms with E-state index in [2.05, 4.69) is 10.3 Å². The normalized spacial score (nSPS) is 12.3. The van der Waals surface area contributed by atoms with E-state index in [0.29, 0.717) is 24.8 Å². The van der Waals surface area contributed by atoms with E-state index >= 15 is 0 Å². The maximum Gasteiger partial charge on any atom is 0.252 e. The third kappa shape index (κ3) is 3.66. The smallest absolute Gasteiger partial charge is 0.252 e. The molecular formula is C15H17FN2O3. The van der Waals surface area contributed by atoms with Gasteiger partial charge in [-0.3, -0.25) is 9.59 Å². The van der Waals surface area contributed by atoms with Crippen molar-refractivity contribution in [1.29, 1.82) is 0 Å². The molecule has 0 spiro atoms. The summed E-state index contributed by atoms with van der Waals surface area (Å²) in [5.41, 5.74) is 0.00724. The highest BCUT2D eigenvalue weighted by molar-refractivity contribution is 6.05. The zero-order valence-electron chi connectivity index (χ0n) is 11.6. The van der Waals surface area contributed by atoms with Gasteiger partial charge in [0.2, 0.25) is 5.56 Å². The van der Waals surface area contributed by atoms with Crippen LogP contribution < -0.4 is 10.9 Å². The minimum atomic E-state index is -0.484. The van der Waals surface area contributed by atoms with Crippen LogP contribution in [0.3, 0.4) is 0 Å². The lowest BCUT2D eigenvalue weighted by Crippen LogP contribution is -2.28. The first-order valence-electron chi connectivity index (χ1n) is 6.80. The van der Waals surface area contributed by atoms with Crippen LogP contribution in [-0.4, -0.2) is 28.6 Å². The number of fused-ring (bicyclic) bond motifs is 1. The van der Waals surface area contributed by atoms with E-state index in [4.69, 9.17) is 0 Å². The summed E-state index contributed by atoms with van der Waals surface area (Å²) >= 11 is 0. The lowest BCUT2D eigenvalue weighted by molar-refractivity contribution is 0.0943. The van der Waals surface area contributed by atoms with Crippen LogP contribution in [0.25, 0.3) is 10.9 Å². The molecule has 1 amide bonds. The summed E-state index contributed by atoms with van der Waals surface area (Å²) < 4.78 is 13.2. The molecule has 112 valence electrons. The highest BCUT2D eigenvalue weighted by atomic mass is 19.1. The maximum atomic E-state index is 13.2. The number of rotatable bonds is 5. The summed E-state index contributed by atoms with van der Waals surface area (Å²) in [6.07, 6.45) is 0.594. The van der Waals surface area contributed by atoms with Gasteiger partial charge < -0.3 is 15.4 Å². The molecule has 1 atom stereocenters. The number of aliphatic hydroxyl groups excluding tert-OH is 1. The number of halogens is 1. The van der Waals surface area contributed by atoms with Crippen molar-refractivity contribution in [2.75, 3.05) is 6.54 Å². The molecular weight excluding hydrogens is 275 g/mol. The van der Waals surface area contributed by atoms with Crippen LogP contribution in [0.15, 0.2) is 29.1 Å². The van der Waals surface area contributed by atoms with E-state index in [9.17, 15) is 19.1 Å². The second-order valence-corrected chi connectivity index (χ2v) is 4.84. The summed E-state index contributed by atoms with van der Waals surface area (Å²) in [5, 5.41) is 12.6. The summed E-state index contributed by atoms with van der Waals surface area (Å²) in [4.78, 5) is 26.2. The lowest BCUT2D eigenvalue weighted by Gasteiger charge is -2.10. The largest absolute Gasteiger partial charge is 0.393 e. The molecule has 1 heterocycles. The minimum absolute atomic E-state index is 0.194. The van der Waals surface area contributed by atoms with Crippen molar-refractivity contribution >= 4 is 16.8 Å². The molecule has 0 saturated heterocycles. The Kier molecular flexibility index (Phi) is 4.70. The molecule has 0 aliphatic carbocycles. The van der Waals surface area contributed by atoms with Crippen molar-refractivity contribution in [3.8, 4) is 0 Å². The Balaban J connectivity index is 2.24. The molecule has 2 aromatic rings. The maximum absolute atomic E-state index is 13.2. The van der Waals surface area contributed by atoms with Crippen molar-refractivity contribution in [3.05, 3.63) is 46.0 Å². The van der Waals surface area contributed by atoms with Crippen LogP contribution in [0.5, 0.6) is 0 Å². The van der Waals surface area contributed by atoms with E-state index in [1.807, 2.05) is 6.92 Å². The molecule has 21 heavy (non-hydrogen) atoms. The van der Waals surface area contributed by atoms with Crippen LogP contribution in [0, 0.1) is 5.82 Å². The second kappa shape index (κ2) is 6.49. The van der Waals surface area contributed by atoms with Gasteiger partial charge in [-0.25, -0.2) is 4.39 Å². The SMILES string of the molecule is CCC(O)CCNC(=O)c1cc(=O)[nH]c2cc(F)ccc12. The first-order valence-corrected chi connectivity index (χ1v) is 6.80. The Bertz CT molecular complexity index is 712.